The zero-order valence-corrected chi connectivity index (χ0v) is 10.1. The second-order valence-corrected chi connectivity index (χ2v) is 4.49. The van der Waals surface area contributed by atoms with E-state index in [2.05, 4.69) is 15.3 Å². The van der Waals surface area contributed by atoms with Crippen LogP contribution in [0.4, 0.5) is 0 Å². The highest BCUT2D eigenvalue weighted by Crippen LogP contribution is 2.07. The summed E-state index contributed by atoms with van der Waals surface area (Å²) in [4.78, 5) is 18.6. The molecule has 0 spiro atoms. The van der Waals surface area contributed by atoms with E-state index in [9.17, 15) is 4.79 Å². The molecule has 0 radical (unpaired) electrons. The number of H-pyrrole nitrogens is 1. The van der Waals surface area contributed by atoms with E-state index in [1.165, 1.54) is 11.8 Å². The number of aromatic nitrogens is 2. The zero-order chi connectivity index (χ0) is 11.3. The summed E-state index contributed by atoms with van der Waals surface area (Å²) in [7, 11) is 0. The van der Waals surface area contributed by atoms with E-state index < -0.39 is 0 Å². The van der Waals surface area contributed by atoms with Gasteiger partial charge in [0.25, 0.3) is 0 Å². The highest BCUT2D eigenvalue weighted by molar-refractivity contribution is 8.13. The second-order valence-electron chi connectivity index (χ2n) is 3.68. The van der Waals surface area contributed by atoms with Gasteiger partial charge >= 0.3 is 0 Å². The number of hydrogen-bond donors (Lipinski definition) is 2. The van der Waals surface area contributed by atoms with Crippen LogP contribution in [0.25, 0.3) is 0 Å². The Labute approximate surface area is 94.2 Å². The van der Waals surface area contributed by atoms with Crippen molar-refractivity contribution in [2.24, 2.45) is 0 Å². The van der Waals surface area contributed by atoms with Crippen molar-refractivity contribution in [2.45, 2.75) is 32.4 Å². The van der Waals surface area contributed by atoms with E-state index in [0.717, 1.165) is 5.69 Å². The number of aromatic amines is 1. The molecule has 15 heavy (non-hydrogen) atoms. The predicted molar refractivity (Wildman–Crippen MR) is 62.9 cm³/mol. The molecule has 0 aliphatic carbocycles. The topological polar surface area (TPSA) is 57.8 Å². The molecule has 1 aromatic rings. The molecule has 4 nitrogen and oxygen atoms in total. The van der Waals surface area contributed by atoms with Gasteiger partial charge in [0, 0.05) is 24.4 Å². The number of imidazole rings is 1. The molecule has 0 bridgehead atoms. The molecule has 0 saturated carbocycles. The van der Waals surface area contributed by atoms with Gasteiger partial charge in [-0.1, -0.05) is 25.6 Å². The molecule has 1 heterocycles. The minimum absolute atomic E-state index is 0.138. The molecular formula is C10H17N3OS. The molecule has 0 amide bonds. The first kappa shape index (κ1) is 12.3. The van der Waals surface area contributed by atoms with Gasteiger partial charge < -0.3 is 10.3 Å². The first-order valence-electron chi connectivity index (χ1n) is 4.94. The molecular weight excluding hydrogens is 210 g/mol. The summed E-state index contributed by atoms with van der Waals surface area (Å²) < 4.78 is 0. The van der Waals surface area contributed by atoms with Crippen LogP contribution in [0.3, 0.4) is 0 Å². The normalized spacial score (nSPS) is 13.1. The largest absolute Gasteiger partial charge is 0.348 e. The first-order chi connectivity index (χ1) is 7.13. The Bertz CT molecular complexity index is 298. The summed E-state index contributed by atoms with van der Waals surface area (Å²) in [6, 6.07) is 0.162. The summed E-state index contributed by atoms with van der Waals surface area (Å²) in [5.74, 6) is 0. The minimum atomic E-state index is -0.138. The number of hydrogen-bond acceptors (Lipinski definition) is 4. The van der Waals surface area contributed by atoms with Crippen LogP contribution in [0.15, 0.2) is 12.5 Å². The summed E-state index contributed by atoms with van der Waals surface area (Å²) in [6.45, 7) is 4.07. The Kier molecular flexibility index (Phi) is 4.84. The van der Waals surface area contributed by atoms with Gasteiger partial charge in [-0.05, 0) is 6.26 Å². The van der Waals surface area contributed by atoms with E-state index in [1.807, 2.05) is 20.1 Å². The lowest BCUT2D eigenvalue weighted by molar-refractivity contribution is -0.112. The van der Waals surface area contributed by atoms with Crippen LogP contribution < -0.4 is 5.32 Å². The molecule has 0 saturated heterocycles. The number of carbonyl (C=O) groups excluding carboxylic acids is 1. The van der Waals surface area contributed by atoms with E-state index in [4.69, 9.17) is 0 Å². The fourth-order valence-electron chi connectivity index (χ4n) is 1.37. The maximum absolute atomic E-state index is 11.6. The van der Waals surface area contributed by atoms with E-state index in [1.54, 1.807) is 12.5 Å². The monoisotopic (exact) mass is 227 g/mol. The molecule has 1 rings (SSSR count). The summed E-state index contributed by atoms with van der Waals surface area (Å²) in [5.41, 5.74) is 0.982. The molecule has 1 aromatic heterocycles. The molecule has 0 aliphatic rings. The summed E-state index contributed by atoms with van der Waals surface area (Å²) in [6.07, 6.45) is 5.86. The van der Waals surface area contributed by atoms with Gasteiger partial charge in [0.05, 0.1) is 12.4 Å². The van der Waals surface area contributed by atoms with Crippen molar-refractivity contribution in [2.75, 3.05) is 6.26 Å². The third kappa shape index (κ3) is 4.05. The molecule has 84 valence electrons. The molecule has 0 aromatic carbocycles. The predicted octanol–water partition coefficient (Wildman–Crippen LogP) is 1.21. The summed E-state index contributed by atoms with van der Waals surface area (Å²) in [5, 5.41) is 3.42. The van der Waals surface area contributed by atoms with Crippen LogP contribution >= 0.6 is 11.8 Å². The van der Waals surface area contributed by atoms with Crippen molar-refractivity contribution in [3.63, 3.8) is 0 Å². The second kappa shape index (κ2) is 5.92. The molecule has 1 atom stereocenters. The standard InChI is InChI=1S/C10H17N3OS/c1-7(2)13-9(10(14)15-3)4-8-5-11-6-12-8/h5-7,9,13H,4H2,1-3H3,(H,11,12)/t9-/m0/s1. The van der Waals surface area contributed by atoms with Crippen molar-refractivity contribution >= 4 is 16.9 Å². The van der Waals surface area contributed by atoms with E-state index >= 15 is 0 Å². The highest BCUT2D eigenvalue weighted by Gasteiger charge is 2.18. The van der Waals surface area contributed by atoms with Crippen LogP contribution in [-0.2, 0) is 11.2 Å². The average Bonchev–Trinajstić information content (AvgIpc) is 2.67. The third-order valence-electron chi connectivity index (χ3n) is 2.00. The molecule has 0 fully saturated rings. The Morgan fingerprint density at radius 2 is 2.40 bits per heavy atom. The maximum atomic E-state index is 11.6. The Balaban J connectivity index is 2.60. The van der Waals surface area contributed by atoms with Crippen LogP contribution in [0.5, 0.6) is 0 Å². The average molecular weight is 227 g/mol. The Morgan fingerprint density at radius 3 is 2.87 bits per heavy atom. The van der Waals surface area contributed by atoms with Crippen LogP contribution in [0.1, 0.15) is 19.5 Å². The Morgan fingerprint density at radius 1 is 1.67 bits per heavy atom. The number of rotatable bonds is 5. The fourth-order valence-corrected chi connectivity index (χ4v) is 1.81. The molecule has 0 unspecified atom stereocenters. The lowest BCUT2D eigenvalue weighted by Gasteiger charge is -2.18. The van der Waals surface area contributed by atoms with Crippen LogP contribution in [0.2, 0.25) is 0 Å². The highest BCUT2D eigenvalue weighted by atomic mass is 32.2. The van der Waals surface area contributed by atoms with E-state index in [0.29, 0.717) is 12.5 Å². The van der Waals surface area contributed by atoms with Gasteiger partial charge in [-0.2, -0.15) is 0 Å². The number of nitrogens with zero attached hydrogens (tertiary/aromatic N) is 1. The number of nitrogens with one attached hydrogen (secondary N) is 2. The van der Waals surface area contributed by atoms with Gasteiger partial charge in [-0.3, -0.25) is 4.79 Å². The lowest BCUT2D eigenvalue weighted by Crippen LogP contribution is -2.41. The van der Waals surface area contributed by atoms with Crippen molar-refractivity contribution in [3.05, 3.63) is 18.2 Å². The quantitative estimate of drug-likeness (QED) is 0.794. The smallest absolute Gasteiger partial charge is 0.205 e. The third-order valence-corrected chi connectivity index (χ3v) is 2.69. The van der Waals surface area contributed by atoms with Gasteiger partial charge in [-0.25, -0.2) is 4.98 Å². The van der Waals surface area contributed by atoms with Gasteiger partial charge in [0.1, 0.15) is 0 Å². The molecule has 5 heteroatoms. The molecule has 2 N–H and O–H groups in total. The first-order valence-corrected chi connectivity index (χ1v) is 6.17. The fraction of sp³-hybridized carbons (Fsp3) is 0.600. The van der Waals surface area contributed by atoms with E-state index in [-0.39, 0.29) is 11.2 Å². The van der Waals surface area contributed by atoms with Gasteiger partial charge in [0.2, 0.25) is 5.12 Å². The van der Waals surface area contributed by atoms with Crippen molar-refractivity contribution in [3.8, 4) is 0 Å². The van der Waals surface area contributed by atoms with Crippen molar-refractivity contribution in [1.82, 2.24) is 15.3 Å². The van der Waals surface area contributed by atoms with Gasteiger partial charge in [0.15, 0.2) is 0 Å². The van der Waals surface area contributed by atoms with Gasteiger partial charge in [-0.15, -0.1) is 0 Å². The Hall–Kier alpha value is -0.810. The lowest BCUT2D eigenvalue weighted by atomic mass is 10.1. The maximum Gasteiger partial charge on any atom is 0.205 e. The van der Waals surface area contributed by atoms with Crippen LogP contribution in [-0.4, -0.2) is 33.4 Å². The number of thioether (sulfide) groups is 1. The minimum Gasteiger partial charge on any atom is -0.348 e. The number of carbonyl (C=O) groups is 1. The zero-order valence-electron chi connectivity index (χ0n) is 9.28. The van der Waals surface area contributed by atoms with Crippen molar-refractivity contribution in [1.29, 1.82) is 0 Å². The SMILES string of the molecule is CSC(=O)[C@H](Cc1cnc[nH]1)NC(C)C. The van der Waals surface area contributed by atoms with Crippen molar-refractivity contribution < 1.29 is 4.79 Å². The summed E-state index contributed by atoms with van der Waals surface area (Å²) >= 11 is 1.26. The molecule has 0 aliphatic heterocycles. The van der Waals surface area contributed by atoms with Crippen LogP contribution in [0, 0.1) is 0 Å².